The second kappa shape index (κ2) is 12.5. The van der Waals surface area contributed by atoms with E-state index in [1.165, 1.54) is 18.2 Å². The Morgan fingerprint density at radius 3 is 2.54 bits per heavy atom. The van der Waals surface area contributed by atoms with Crippen LogP contribution in [0.5, 0.6) is 11.5 Å². The Morgan fingerprint density at radius 2 is 1.84 bits per heavy atom. The molecule has 3 aromatic carbocycles. The van der Waals surface area contributed by atoms with E-state index in [1.54, 1.807) is 37.4 Å². The summed E-state index contributed by atoms with van der Waals surface area (Å²) in [6.07, 6.45) is 0.353. The van der Waals surface area contributed by atoms with Gasteiger partial charge in [0.1, 0.15) is 11.1 Å². The average Bonchev–Trinajstić information content (AvgIpc) is 2.88. The summed E-state index contributed by atoms with van der Waals surface area (Å²) in [6, 6.07) is 15.8. The van der Waals surface area contributed by atoms with Crippen molar-refractivity contribution in [3.63, 3.8) is 0 Å². The van der Waals surface area contributed by atoms with Gasteiger partial charge in [0.25, 0.3) is 11.5 Å². The third kappa shape index (κ3) is 6.73. The van der Waals surface area contributed by atoms with Crippen LogP contribution < -0.4 is 20.3 Å². The van der Waals surface area contributed by atoms with Crippen molar-refractivity contribution in [3.8, 4) is 11.5 Å². The first-order chi connectivity index (χ1) is 17.4. The van der Waals surface area contributed by atoms with E-state index >= 15 is 0 Å². The van der Waals surface area contributed by atoms with Crippen LogP contribution in [0.4, 0.5) is 4.39 Å². The fraction of sp³-hybridized carbons (Fsp3) is 0.154. The number of carbonyl (C=O) groups excluding carboxylic acids is 1. The molecule has 9 nitrogen and oxygen atoms in total. The van der Waals surface area contributed by atoms with Gasteiger partial charge in [-0.25, -0.2) is 14.2 Å². The Labute approximate surface area is 232 Å². The number of hydrogen-bond donors (Lipinski definition) is 3. The van der Waals surface area contributed by atoms with Gasteiger partial charge in [0, 0.05) is 13.0 Å². The first-order valence-electron chi connectivity index (χ1n) is 10.9. The molecular weight excluding hydrogens is 492 g/mol. The Balaban J connectivity index is 0.00000380. The number of ether oxygens (including phenoxy) is 2. The topological polar surface area (TPSA) is 131 Å². The third-order valence-electron chi connectivity index (χ3n) is 5.42. The number of fused-ring (bicyclic) bond motifs is 1. The number of H-pyrrole nitrogens is 1. The number of carboxylic acids is 1. The number of carboxylic acid groups (broad SMARTS) is 1. The Morgan fingerprint density at radius 1 is 1.08 bits per heavy atom. The van der Waals surface area contributed by atoms with Gasteiger partial charge in [0.2, 0.25) is 0 Å². The number of carbonyl (C=O) groups is 2. The van der Waals surface area contributed by atoms with Crippen LogP contribution in [0.1, 0.15) is 32.1 Å². The number of rotatable bonds is 9. The number of aromatic amines is 1. The molecule has 4 aromatic rings. The molecule has 0 spiro atoms. The quantitative estimate of drug-likeness (QED) is 0.292. The van der Waals surface area contributed by atoms with E-state index in [9.17, 15) is 18.8 Å². The molecule has 3 N–H and O–H groups in total. The van der Waals surface area contributed by atoms with Gasteiger partial charge in [-0.15, -0.1) is 0 Å². The summed E-state index contributed by atoms with van der Waals surface area (Å²) in [5, 5.41) is 11.5. The number of halogens is 1. The molecule has 0 unspecified atom stereocenters. The maximum atomic E-state index is 14.5. The van der Waals surface area contributed by atoms with E-state index in [4.69, 9.17) is 14.6 Å². The van der Waals surface area contributed by atoms with Crippen LogP contribution in [-0.2, 0) is 13.0 Å². The fourth-order valence-corrected chi connectivity index (χ4v) is 3.56. The minimum absolute atomic E-state index is 0. The van der Waals surface area contributed by atoms with Gasteiger partial charge in [-0.1, -0.05) is 24.3 Å². The molecule has 0 aliphatic carbocycles. The summed E-state index contributed by atoms with van der Waals surface area (Å²) >= 11 is 0. The van der Waals surface area contributed by atoms with Crippen molar-refractivity contribution in [3.05, 3.63) is 99.3 Å². The molecular formula is C26H23FN3NaO6. The zero-order valence-electron chi connectivity index (χ0n) is 19.2. The van der Waals surface area contributed by atoms with E-state index in [0.29, 0.717) is 12.2 Å². The SMILES string of the molecule is COc1cccc(CNC(=O)c2nc3ccc(F)c(OCCc4ccc(C(=O)O)cc4)c3c(=O)[nH]2)c1.[NaH]. The Hall–Kier alpha value is -3.73. The Kier molecular flexibility index (Phi) is 9.40. The molecule has 0 radical (unpaired) electrons. The molecule has 0 saturated heterocycles. The second-order valence-electron chi connectivity index (χ2n) is 7.82. The fourth-order valence-electron chi connectivity index (χ4n) is 3.56. The van der Waals surface area contributed by atoms with Gasteiger partial charge in [-0.2, -0.15) is 0 Å². The zero-order chi connectivity index (χ0) is 25.7. The Bertz CT molecular complexity index is 1490. The van der Waals surface area contributed by atoms with Crippen molar-refractivity contribution in [2.75, 3.05) is 13.7 Å². The summed E-state index contributed by atoms with van der Waals surface area (Å²) in [6.45, 7) is 0.216. The van der Waals surface area contributed by atoms with Crippen molar-refractivity contribution in [1.82, 2.24) is 15.3 Å². The zero-order valence-corrected chi connectivity index (χ0v) is 19.2. The van der Waals surface area contributed by atoms with Gasteiger partial charge in [0.05, 0.1) is 24.8 Å². The van der Waals surface area contributed by atoms with E-state index in [1.807, 2.05) is 6.07 Å². The molecule has 37 heavy (non-hydrogen) atoms. The molecule has 0 bridgehead atoms. The first kappa shape index (κ1) is 27.9. The third-order valence-corrected chi connectivity index (χ3v) is 5.42. The van der Waals surface area contributed by atoms with Crippen LogP contribution >= 0.6 is 0 Å². The van der Waals surface area contributed by atoms with Gasteiger partial charge >= 0.3 is 35.5 Å². The van der Waals surface area contributed by atoms with Gasteiger partial charge in [-0.05, 0) is 47.5 Å². The predicted molar refractivity (Wildman–Crippen MR) is 136 cm³/mol. The molecule has 0 aliphatic rings. The number of nitrogens with zero attached hydrogens (tertiary/aromatic N) is 1. The van der Waals surface area contributed by atoms with Crippen LogP contribution in [-0.4, -0.2) is 70.2 Å². The van der Waals surface area contributed by atoms with E-state index in [0.717, 1.165) is 17.2 Å². The average molecular weight is 515 g/mol. The number of aromatic nitrogens is 2. The van der Waals surface area contributed by atoms with Crippen LogP contribution in [0.3, 0.4) is 0 Å². The van der Waals surface area contributed by atoms with Crippen LogP contribution in [0.25, 0.3) is 10.9 Å². The van der Waals surface area contributed by atoms with Gasteiger partial charge < -0.3 is 24.9 Å². The standard InChI is InChI=1S/C26H22FN3O6.Na.H/c1-35-18-4-2-3-16(13-18)14-28-25(32)23-29-20-10-9-19(27)22(21(20)24(31)30-23)36-12-11-15-5-7-17(8-6-15)26(33)34;;/h2-10,13H,11-12,14H2,1H3,(H,28,32)(H,33,34)(H,29,30,31);;. The maximum absolute atomic E-state index is 14.5. The molecule has 4 rings (SSSR count). The normalized spacial score (nSPS) is 10.4. The first-order valence-corrected chi connectivity index (χ1v) is 10.9. The summed E-state index contributed by atoms with van der Waals surface area (Å²) < 4.78 is 25.3. The van der Waals surface area contributed by atoms with Crippen molar-refractivity contribution < 1.29 is 28.6 Å². The molecule has 0 aliphatic heterocycles. The number of aromatic carboxylic acids is 1. The van der Waals surface area contributed by atoms with Crippen LogP contribution in [0.2, 0.25) is 0 Å². The summed E-state index contributed by atoms with van der Waals surface area (Å²) in [5.74, 6) is -2.22. The van der Waals surface area contributed by atoms with Gasteiger partial charge in [0.15, 0.2) is 17.4 Å². The van der Waals surface area contributed by atoms with Crippen molar-refractivity contribution >= 4 is 52.3 Å². The molecule has 0 atom stereocenters. The van der Waals surface area contributed by atoms with E-state index < -0.39 is 23.3 Å². The molecule has 1 heterocycles. The molecule has 11 heteroatoms. The number of nitrogens with one attached hydrogen (secondary N) is 2. The number of hydrogen-bond acceptors (Lipinski definition) is 6. The van der Waals surface area contributed by atoms with E-state index in [2.05, 4.69) is 15.3 Å². The summed E-state index contributed by atoms with van der Waals surface area (Å²) in [7, 11) is 1.54. The van der Waals surface area contributed by atoms with Crippen molar-refractivity contribution in [2.24, 2.45) is 0 Å². The summed E-state index contributed by atoms with van der Waals surface area (Å²) in [5.41, 5.74) is 1.11. The molecule has 186 valence electrons. The number of amides is 1. The number of benzene rings is 3. The van der Waals surface area contributed by atoms with E-state index in [-0.39, 0.29) is 70.7 Å². The molecule has 0 fully saturated rings. The van der Waals surface area contributed by atoms with Crippen molar-refractivity contribution in [1.29, 1.82) is 0 Å². The monoisotopic (exact) mass is 515 g/mol. The predicted octanol–water partition coefficient (Wildman–Crippen LogP) is 2.67. The van der Waals surface area contributed by atoms with Gasteiger partial charge in [-0.3, -0.25) is 9.59 Å². The second-order valence-corrected chi connectivity index (χ2v) is 7.82. The summed E-state index contributed by atoms with van der Waals surface area (Å²) in [4.78, 5) is 42.9. The van der Waals surface area contributed by atoms with Crippen LogP contribution in [0.15, 0.2) is 65.5 Å². The molecule has 0 saturated carbocycles. The molecule has 1 aromatic heterocycles. The van der Waals surface area contributed by atoms with Crippen molar-refractivity contribution in [2.45, 2.75) is 13.0 Å². The molecule has 1 amide bonds. The van der Waals surface area contributed by atoms with Crippen LogP contribution in [0, 0.1) is 5.82 Å². The minimum atomic E-state index is -1.03. The number of methoxy groups -OCH3 is 1.